The Balaban J connectivity index is 2.10. The summed E-state index contributed by atoms with van der Waals surface area (Å²) in [6.07, 6.45) is 1.58. The highest BCUT2D eigenvalue weighted by Crippen LogP contribution is 2.27. The quantitative estimate of drug-likeness (QED) is 0.595. The van der Waals surface area contributed by atoms with Crippen LogP contribution in [-0.4, -0.2) is 34.6 Å². The Morgan fingerprint density at radius 1 is 1.22 bits per heavy atom. The molecular formula is C15H19N5O3. The third-order valence-electron chi connectivity index (χ3n) is 2.81. The maximum Gasteiger partial charge on any atom is 0.274 e. The highest BCUT2D eigenvalue weighted by atomic mass is 16.5. The van der Waals surface area contributed by atoms with Gasteiger partial charge in [-0.3, -0.25) is 9.78 Å². The highest BCUT2D eigenvalue weighted by Gasteiger charge is 2.05. The van der Waals surface area contributed by atoms with Gasteiger partial charge in [-0.2, -0.15) is 5.10 Å². The minimum Gasteiger partial charge on any atom is -0.490 e. The molecule has 0 saturated carbocycles. The Hall–Kier alpha value is -2.90. The molecule has 2 rings (SSSR count). The van der Waals surface area contributed by atoms with E-state index in [2.05, 4.69) is 25.7 Å². The number of hydrazone groups is 1. The summed E-state index contributed by atoms with van der Waals surface area (Å²) in [7, 11) is 0. The van der Waals surface area contributed by atoms with Gasteiger partial charge in [-0.1, -0.05) is 0 Å². The molecule has 8 heteroatoms. The van der Waals surface area contributed by atoms with E-state index in [1.54, 1.807) is 13.1 Å². The average molecular weight is 317 g/mol. The smallest absolute Gasteiger partial charge is 0.274 e. The third kappa shape index (κ3) is 4.53. The lowest BCUT2D eigenvalue weighted by atomic mass is 10.2. The fourth-order valence-electron chi connectivity index (χ4n) is 1.76. The van der Waals surface area contributed by atoms with Crippen LogP contribution in [-0.2, 0) is 0 Å². The number of hydrogen-bond acceptors (Lipinski definition) is 7. The number of nitrogens with one attached hydrogen (secondary N) is 2. The van der Waals surface area contributed by atoms with E-state index in [1.165, 1.54) is 0 Å². The number of nitrogens with zero attached hydrogens (tertiary/aromatic N) is 3. The summed E-state index contributed by atoms with van der Waals surface area (Å²) in [4.78, 5) is 13.9. The van der Waals surface area contributed by atoms with E-state index in [0.717, 1.165) is 5.56 Å². The number of ether oxygens (including phenoxy) is 2. The zero-order valence-corrected chi connectivity index (χ0v) is 13.3. The number of anilines is 1. The van der Waals surface area contributed by atoms with Crippen molar-refractivity contribution in [3.8, 4) is 11.5 Å². The Kier molecular flexibility index (Phi) is 5.67. The van der Waals surface area contributed by atoms with Crippen molar-refractivity contribution in [2.75, 3.05) is 18.6 Å². The maximum absolute atomic E-state index is 11.4. The molecule has 0 aliphatic carbocycles. The van der Waals surface area contributed by atoms with Gasteiger partial charge in [-0.25, -0.2) is 5.43 Å². The van der Waals surface area contributed by atoms with E-state index in [1.807, 2.05) is 32.0 Å². The second-order valence-electron chi connectivity index (χ2n) is 4.53. The molecule has 0 spiro atoms. The van der Waals surface area contributed by atoms with Crippen molar-refractivity contribution in [2.45, 2.75) is 20.8 Å². The lowest BCUT2D eigenvalue weighted by molar-refractivity contribution is 0.288. The summed E-state index contributed by atoms with van der Waals surface area (Å²) >= 11 is 0. The minimum atomic E-state index is -0.308. The van der Waals surface area contributed by atoms with Crippen LogP contribution in [0.2, 0.25) is 0 Å². The van der Waals surface area contributed by atoms with E-state index in [0.29, 0.717) is 30.4 Å². The van der Waals surface area contributed by atoms with Crippen LogP contribution in [0.5, 0.6) is 11.5 Å². The Morgan fingerprint density at radius 3 is 2.65 bits per heavy atom. The standard InChI is InChI=1S/C15H19N5O3/c1-4-22-12-7-6-11(8-13(12)23-5-2)9-16-19-15-17-14(21)10(3)18-20-15/h6-9H,4-5H2,1-3H3,(H2,17,19,20,21)/b16-9+. The number of aromatic nitrogens is 3. The number of aryl methyl sites for hydroxylation is 1. The van der Waals surface area contributed by atoms with Crippen molar-refractivity contribution in [2.24, 2.45) is 5.10 Å². The Morgan fingerprint density at radius 2 is 1.96 bits per heavy atom. The number of benzene rings is 1. The summed E-state index contributed by atoms with van der Waals surface area (Å²) in [5.74, 6) is 1.52. The van der Waals surface area contributed by atoms with E-state index in [4.69, 9.17) is 9.47 Å². The molecule has 0 atom stereocenters. The van der Waals surface area contributed by atoms with Gasteiger partial charge in [0.1, 0.15) is 5.69 Å². The van der Waals surface area contributed by atoms with Gasteiger partial charge in [0.05, 0.1) is 19.4 Å². The van der Waals surface area contributed by atoms with E-state index in [9.17, 15) is 4.79 Å². The van der Waals surface area contributed by atoms with Gasteiger partial charge in [-0.15, -0.1) is 10.2 Å². The molecule has 0 saturated heterocycles. The molecule has 122 valence electrons. The molecule has 2 aromatic rings. The number of aromatic amines is 1. The second kappa shape index (κ2) is 7.92. The highest BCUT2D eigenvalue weighted by molar-refractivity contribution is 5.81. The van der Waals surface area contributed by atoms with Gasteiger partial charge in [0.25, 0.3) is 5.56 Å². The summed E-state index contributed by atoms with van der Waals surface area (Å²) in [5, 5.41) is 11.5. The van der Waals surface area contributed by atoms with Crippen molar-refractivity contribution in [3.63, 3.8) is 0 Å². The van der Waals surface area contributed by atoms with E-state index in [-0.39, 0.29) is 11.5 Å². The molecule has 2 N–H and O–H groups in total. The van der Waals surface area contributed by atoms with Crippen LogP contribution in [0.15, 0.2) is 28.1 Å². The predicted octanol–water partition coefficient (Wildman–Crippen LogP) is 1.72. The molecule has 0 fully saturated rings. The molecule has 8 nitrogen and oxygen atoms in total. The van der Waals surface area contributed by atoms with Gasteiger partial charge in [-0.05, 0) is 44.5 Å². The van der Waals surface area contributed by atoms with Crippen LogP contribution < -0.4 is 20.5 Å². The molecule has 1 heterocycles. The zero-order valence-electron chi connectivity index (χ0n) is 13.3. The van der Waals surface area contributed by atoms with Gasteiger partial charge in [0.15, 0.2) is 11.5 Å². The first-order chi connectivity index (χ1) is 11.1. The van der Waals surface area contributed by atoms with E-state index < -0.39 is 0 Å². The van der Waals surface area contributed by atoms with Crippen molar-refractivity contribution in [1.29, 1.82) is 0 Å². The van der Waals surface area contributed by atoms with Crippen molar-refractivity contribution < 1.29 is 9.47 Å². The lowest BCUT2D eigenvalue weighted by Gasteiger charge is -2.11. The van der Waals surface area contributed by atoms with Crippen LogP contribution in [0.1, 0.15) is 25.1 Å². The number of H-pyrrole nitrogens is 1. The molecule has 23 heavy (non-hydrogen) atoms. The van der Waals surface area contributed by atoms with Gasteiger partial charge < -0.3 is 9.47 Å². The van der Waals surface area contributed by atoms with Crippen LogP contribution in [0.3, 0.4) is 0 Å². The molecule has 0 aliphatic heterocycles. The van der Waals surface area contributed by atoms with Crippen molar-refractivity contribution in [1.82, 2.24) is 15.2 Å². The molecule has 1 aromatic heterocycles. The average Bonchev–Trinajstić information content (AvgIpc) is 2.54. The molecule has 0 unspecified atom stereocenters. The molecule has 0 aliphatic rings. The van der Waals surface area contributed by atoms with Gasteiger partial charge in [0.2, 0.25) is 5.95 Å². The monoisotopic (exact) mass is 317 g/mol. The largest absolute Gasteiger partial charge is 0.490 e. The summed E-state index contributed by atoms with van der Waals surface area (Å²) < 4.78 is 11.0. The first-order valence-electron chi connectivity index (χ1n) is 7.26. The van der Waals surface area contributed by atoms with Gasteiger partial charge in [0, 0.05) is 0 Å². The SMILES string of the molecule is CCOc1ccc(/C=N/Nc2nnc(C)c(=O)[nH]2)cc1OCC. The molecule has 1 aromatic carbocycles. The first kappa shape index (κ1) is 16.5. The maximum atomic E-state index is 11.4. The van der Waals surface area contributed by atoms with Crippen LogP contribution in [0.4, 0.5) is 5.95 Å². The van der Waals surface area contributed by atoms with Crippen LogP contribution in [0, 0.1) is 6.92 Å². The molecule has 0 bridgehead atoms. The summed E-state index contributed by atoms with van der Waals surface area (Å²) in [6.45, 7) is 6.50. The Bertz CT molecular complexity index is 742. The Labute approximate surface area is 133 Å². The third-order valence-corrected chi connectivity index (χ3v) is 2.81. The number of hydrogen-bond donors (Lipinski definition) is 2. The van der Waals surface area contributed by atoms with Crippen molar-refractivity contribution in [3.05, 3.63) is 39.8 Å². The fourth-order valence-corrected chi connectivity index (χ4v) is 1.76. The minimum absolute atomic E-state index is 0.174. The molecule has 0 radical (unpaired) electrons. The van der Waals surface area contributed by atoms with E-state index >= 15 is 0 Å². The molecular weight excluding hydrogens is 298 g/mol. The normalized spacial score (nSPS) is 10.7. The van der Waals surface area contributed by atoms with Crippen LogP contribution >= 0.6 is 0 Å². The topological polar surface area (TPSA) is 101 Å². The van der Waals surface area contributed by atoms with Crippen molar-refractivity contribution >= 4 is 12.2 Å². The molecule has 0 amide bonds. The van der Waals surface area contributed by atoms with Crippen LogP contribution in [0.25, 0.3) is 0 Å². The fraction of sp³-hybridized carbons (Fsp3) is 0.333. The second-order valence-corrected chi connectivity index (χ2v) is 4.53. The predicted molar refractivity (Wildman–Crippen MR) is 87.4 cm³/mol. The zero-order chi connectivity index (χ0) is 16.7. The first-order valence-corrected chi connectivity index (χ1v) is 7.26. The number of rotatable bonds is 7. The van der Waals surface area contributed by atoms with Gasteiger partial charge >= 0.3 is 0 Å². The summed E-state index contributed by atoms with van der Waals surface area (Å²) in [5.41, 5.74) is 3.42. The summed E-state index contributed by atoms with van der Waals surface area (Å²) in [6, 6.07) is 5.49. The lowest BCUT2D eigenvalue weighted by Crippen LogP contribution is -2.15.